The first-order valence-electron chi connectivity index (χ1n) is 7.18. The number of benzene rings is 1. The third-order valence-corrected chi connectivity index (χ3v) is 3.74. The Morgan fingerprint density at radius 1 is 1.32 bits per heavy atom. The first-order chi connectivity index (χ1) is 10.7. The van der Waals surface area contributed by atoms with Crippen LogP contribution in [0.25, 0.3) is 0 Å². The number of nitrogens with one attached hydrogen (secondary N) is 1. The molecule has 0 radical (unpaired) electrons. The van der Waals surface area contributed by atoms with Crippen LogP contribution in [-0.4, -0.2) is 41.3 Å². The molecule has 1 N–H and O–H groups in total. The molecule has 7 nitrogen and oxygen atoms in total. The minimum absolute atomic E-state index is 0.130. The van der Waals surface area contributed by atoms with Gasteiger partial charge in [0.25, 0.3) is 0 Å². The molecule has 22 heavy (non-hydrogen) atoms. The van der Waals surface area contributed by atoms with Gasteiger partial charge in [-0.2, -0.15) is 4.98 Å². The third-order valence-electron chi connectivity index (χ3n) is 3.74. The van der Waals surface area contributed by atoms with Gasteiger partial charge in [0, 0.05) is 13.1 Å². The van der Waals surface area contributed by atoms with Crippen molar-refractivity contribution in [2.45, 2.75) is 19.8 Å². The normalized spacial score (nSPS) is 14.2. The quantitative estimate of drug-likeness (QED) is 0.918. The van der Waals surface area contributed by atoms with E-state index in [2.05, 4.69) is 21.5 Å². The molecule has 2 aromatic rings. The summed E-state index contributed by atoms with van der Waals surface area (Å²) in [6, 6.07) is 5.97. The molecule has 2 heterocycles. The fourth-order valence-corrected chi connectivity index (χ4v) is 2.55. The highest BCUT2D eigenvalue weighted by Gasteiger charge is 2.20. The van der Waals surface area contributed by atoms with Gasteiger partial charge in [-0.15, -0.1) is 0 Å². The number of ether oxygens (including phenoxy) is 1. The average molecular weight is 302 g/mol. The summed E-state index contributed by atoms with van der Waals surface area (Å²) in [5.41, 5.74) is 2.48. The highest BCUT2D eigenvalue weighted by atomic mass is 16.5. The lowest BCUT2D eigenvalue weighted by molar-refractivity contribution is 0.213. The maximum absolute atomic E-state index is 12.3. The third kappa shape index (κ3) is 3.03. The number of carbonyl (C=O) groups excluding carboxylic acids is 1. The van der Waals surface area contributed by atoms with E-state index < -0.39 is 0 Å². The van der Waals surface area contributed by atoms with E-state index in [1.165, 1.54) is 11.1 Å². The van der Waals surface area contributed by atoms with E-state index in [-0.39, 0.29) is 12.0 Å². The van der Waals surface area contributed by atoms with Crippen LogP contribution >= 0.6 is 0 Å². The summed E-state index contributed by atoms with van der Waals surface area (Å²) < 4.78 is 10.2. The van der Waals surface area contributed by atoms with Crippen LogP contribution in [0.1, 0.15) is 17.0 Å². The molecular formula is C15H18N4O3. The topological polar surface area (TPSA) is 80.5 Å². The Bertz CT molecular complexity index is 683. The molecule has 3 rings (SSSR count). The molecule has 2 amide bonds. The SMILES string of the molecule is COc1ccc2c(c1)CCN(C(=O)Nc1nc(C)no1)CC2. The highest BCUT2D eigenvalue weighted by Crippen LogP contribution is 2.22. The van der Waals surface area contributed by atoms with Crippen molar-refractivity contribution in [3.8, 4) is 5.75 Å². The zero-order valence-corrected chi connectivity index (χ0v) is 12.6. The number of hydrogen-bond acceptors (Lipinski definition) is 5. The summed E-state index contributed by atoms with van der Waals surface area (Å²) in [4.78, 5) is 18.0. The van der Waals surface area contributed by atoms with E-state index in [0.29, 0.717) is 18.9 Å². The van der Waals surface area contributed by atoms with Crippen LogP contribution in [0, 0.1) is 6.92 Å². The Kier molecular flexibility index (Phi) is 3.95. The summed E-state index contributed by atoms with van der Waals surface area (Å²) in [6.07, 6.45) is 1.61. The molecule has 116 valence electrons. The molecule has 0 aliphatic carbocycles. The maximum atomic E-state index is 12.3. The summed E-state index contributed by atoms with van der Waals surface area (Å²) >= 11 is 0. The van der Waals surface area contributed by atoms with Gasteiger partial charge < -0.3 is 14.2 Å². The molecule has 0 unspecified atom stereocenters. The standard InChI is InChI=1S/C15H18N4O3/c1-10-16-14(22-18-10)17-15(20)19-7-5-11-3-4-13(21-2)9-12(11)6-8-19/h3-4,9H,5-8H2,1-2H3,(H,16,17,18,20). The number of carbonyl (C=O) groups is 1. The fourth-order valence-electron chi connectivity index (χ4n) is 2.55. The maximum Gasteiger partial charge on any atom is 0.329 e. The van der Waals surface area contributed by atoms with Crippen LogP contribution < -0.4 is 10.1 Å². The Morgan fingerprint density at radius 3 is 2.77 bits per heavy atom. The van der Waals surface area contributed by atoms with Crippen LogP contribution in [0.5, 0.6) is 5.75 Å². The summed E-state index contributed by atoms with van der Waals surface area (Å²) in [5, 5.41) is 6.28. The number of fused-ring (bicyclic) bond motifs is 1. The van der Waals surface area contributed by atoms with Crippen molar-refractivity contribution in [3.63, 3.8) is 0 Å². The van der Waals surface area contributed by atoms with Gasteiger partial charge in [0.15, 0.2) is 5.82 Å². The average Bonchev–Trinajstić information content (AvgIpc) is 2.81. The van der Waals surface area contributed by atoms with Crippen molar-refractivity contribution in [3.05, 3.63) is 35.2 Å². The van der Waals surface area contributed by atoms with Crippen LogP contribution in [0.15, 0.2) is 22.7 Å². The number of hydrogen-bond donors (Lipinski definition) is 1. The number of amides is 2. The lowest BCUT2D eigenvalue weighted by Crippen LogP contribution is -2.36. The minimum atomic E-state index is -0.219. The summed E-state index contributed by atoms with van der Waals surface area (Å²) in [5.74, 6) is 1.34. The van der Waals surface area contributed by atoms with Gasteiger partial charge in [0.05, 0.1) is 7.11 Å². The molecule has 0 saturated heterocycles. The molecule has 0 spiro atoms. The fraction of sp³-hybridized carbons (Fsp3) is 0.400. The molecule has 0 saturated carbocycles. The monoisotopic (exact) mass is 302 g/mol. The number of rotatable bonds is 2. The molecule has 1 aromatic heterocycles. The largest absolute Gasteiger partial charge is 0.497 e. The second kappa shape index (κ2) is 6.05. The molecule has 0 bridgehead atoms. The number of methoxy groups -OCH3 is 1. The molecule has 0 atom stereocenters. The van der Waals surface area contributed by atoms with E-state index in [0.717, 1.165) is 18.6 Å². The van der Waals surface area contributed by atoms with E-state index in [9.17, 15) is 4.79 Å². The second-order valence-corrected chi connectivity index (χ2v) is 5.20. The van der Waals surface area contributed by atoms with Gasteiger partial charge in [0.2, 0.25) is 0 Å². The van der Waals surface area contributed by atoms with Gasteiger partial charge in [-0.3, -0.25) is 5.32 Å². The number of urea groups is 1. The number of nitrogens with zero attached hydrogens (tertiary/aromatic N) is 3. The van der Waals surface area contributed by atoms with Crippen molar-refractivity contribution < 1.29 is 14.1 Å². The molecular weight excluding hydrogens is 284 g/mol. The Labute approximate surface area is 128 Å². The van der Waals surface area contributed by atoms with E-state index in [4.69, 9.17) is 9.26 Å². The van der Waals surface area contributed by atoms with Gasteiger partial charge >= 0.3 is 12.0 Å². The van der Waals surface area contributed by atoms with Gasteiger partial charge in [0.1, 0.15) is 5.75 Å². The van der Waals surface area contributed by atoms with Crippen molar-refractivity contribution in [1.29, 1.82) is 0 Å². The molecule has 0 fully saturated rings. The first-order valence-corrected chi connectivity index (χ1v) is 7.18. The van der Waals surface area contributed by atoms with Crippen LogP contribution in [0.2, 0.25) is 0 Å². The summed E-state index contributed by atoms with van der Waals surface area (Å²) in [6.45, 7) is 2.99. The van der Waals surface area contributed by atoms with Gasteiger partial charge in [-0.25, -0.2) is 4.79 Å². The lowest BCUT2D eigenvalue weighted by Gasteiger charge is -2.19. The second-order valence-electron chi connectivity index (χ2n) is 5.20. The minimum Gasteiger partial charge on any atom is -0.497 e. The van der Waals surface area contributed by atoms with Crippen LogP contribution in [0.4, 0.5) is 10.8 Å². The molecule has 7 heteroatoms. The van der Waals surface area contributed by atoms with Crippen molar-refractivity contribution in [2.24, 2.45) is 0 Å². The van der Waals surface area contributed by atoms with Crippen LogP contribution in [-0.2, 0) is 12.8 Å². The highest BCUT2D eigenvalue weighted by molar-refractivity contribution is 5.87. The van der Waals surface area contributed by atoms with Gasteiger partial charge in [-0.05, 0) is 43.0 Å². The molecule has 1 aliphatic rings. The van der Waals surface area contributed by atoms with E-state index in [1.807, 2.05) is 12.1 Å². The number of aryl methyl sites for hydroxylation is 1. The Morgan fingerprint density at radius 2 is 2.09 bits per heavy atom. The smallest absolute Gasteiger partial charge is 0.329 e. The molecule has 1 aromatic carbocycles. The van der Waals surface area contributed by atoms with Crippen LogP contribution in [0.3, 0.4) is 0 Å². The Balaban J connectivity index is 1.67. The Hall–Kier alpha value is -2.57. The predicted molar refractivity (Wildman–Crippen MR) is 80.0 cm³/mol. The van der Waals surface area contributed by atoms with Gasteiger partial charge in [-0.1, -0.05) is 11.2 Å². The summed E-state index contributed by atoms with van der Waals surface area (Å²) in [7, 11) is 1.66. The van der Waals surface area contributed by atoms with Crippen molar-refractivity contribution in [1.82, 2.24) is 15.0 Å². The number of aromatic nitrogens is 2. The first kappa shape index (κ1) is 14.4. The van der Waals surface area contributed by atoms with E-state index in [1.54, 1.807) is 18.9 Å². The number of anilines is 1. The van der Waals surface area contributed by atoms with E-state index >= 15 is 0 Å². The predicted octanol–water partition coefficient (Wildman–Crippen LogP) is 2.02. The lowest BCUT2D eigenvalue weighted by atomic mass is 10.0. The molecule has 1 aliphatic heterocycles. The zero-order chi connectivity index (χ0) is 15.5. The van der Waals surface area contributed by atoms with Crippen molar-refractivity contribution in [2.75, 3.05) is 25.5 Å². The van der Waals surface area contributed by atoms with Crippen molar-refractivity contribution >= 4 is 12.0 Å². The zero-order valence-electron chi connectivity index (χ0n) is 12.6.